The van der Waals surface area contributed by atoms with Crippen molar-refractivity contribution in [3.63, 3.8) is 0 Å². The van der Waals surface area contributed by atoms with Crippen LogP contribution in [0.2, 0.25) is 0 Å². The number of pyridine rings is 1. The van der Waals surface area contributed by atoms with Crippen molar-refractivity contribution in [1.29, 1.82) is 0 Å². The van der Waals surface area contributed by atoms with Crippen molar-refractivity contribution < 1.29 is 18.3 Å². The highest BCUT2D eigenvalue weighted by Crippen LogP contribution is 2.28. The van der Waals surface area contributed by atoms with Crippen LogP contribution in [0.5, 0.6) is 5.75 Å². The number of nitrogens with two attached hydrogens (primary N) is 1. The van der Waals surface area contributed by atoms with Crippen molar-refractivity contribution in [2.75, 3.05) is 0 Å². The topological polar surface area (TPSA) is 65.2 Å². The predicted molar refractivity (Wildman–Crippen MR) is 82.3 cm³/mol. The highest BCUT2D eigenvalue weighted by molar-refractivity contribution is 14.1. The Balaban J connectivity index is 2.37. The lowest BCUT2D eigenvalue weighted by Gasteiger charge is -2.11. The summed E-state index contributed by atoms with van der Waals surface area (Å²) in [6, 6.07) is 7.17. The summed E-state index contributed by atoms with van der Waals surface area (Å²) in [7, 11) is 0. The number of hydrogen-bond acceptors (Lipinski definition) is 3. The monoisotopic (exact) mass is 424 g/mol. The molecule has 21 heavy (non-hydrogen) atoms. The molecule has 2 N–H and O–H groups in total. The van der Waals surface area contributed by atoms with Gasteiger partial charge >= 0.3 is 5.57 Å². The number of aromatic nitrogens is 1. The zero-order valence-corrected chi connectivity index (χ0v) is 13.2. The number of carbonyl (C=O) groups excluding carboxylic acids is 1. The molecule has 4 nitrogen and oxygen atoms in total. The van der Waals surface area contributed by atoms with Crippen LogP contribution < -0.4 is 10.5 Å². The molecule has 8 heteroatoms. The third-order valence-electron chi connectivity index (χ3n) is 2.48. The van der Waals surface area contributed by atoms with E-state index in [1.807, 2.05) is 22.6 Å². The zero-order valence-electron chi connectivity index (χ0n) is 10.3. The van der Waals surface area contributed by atoms with E-state index in [4.69, 9.17) is 5.73 Å². The Morgan fingerprint density at radius 1 is 1.33 bits per heavy atom. The van der Waals surface area contributed by atoms with Gasteiger partial charge in [-0.15, -0.1) is 8.78 Å². The zero-order chi connectivity index (χ0) is 15.6. The molecule has 0 saturated carbocycles. The fourth-order valence-electron chi connectivity index (χ4n) is 1.67. The van der Waals surface area contributed by atoms with Crippen molar-refractivity contribution in [3.05, 3.63) is 45.7 Å². The quantitative estimate of drug-likeness (QED) is 0.602. The molecule has 0 aliphatic heterocycles. The lowest BCUT2D eigenvalue weighted by atomic mass is 10.1. The number of carbonyl (C=O) groups is 1. The largest absolute Gasteiger partial charge is 0.487 e. The molecule has 0 spiro atoms. The molecular formula is C13H8ClF2IN2O2. The molecule has 0 fully saturated rings. The van der Waals surface area contributed by atoms with E-state index in [1.165, 1.54) is 24.3 Å². The van der Waals surface area contributed by atoms with E-state index in [-0.39, 0.29) is 11.3 Å². The molecule has 0 aliphatic carbocycles. The van der Waals surface area contributed by atoms with E-state index in [1.54, 1.807) is 12.3 Å². The van der Waals surface area contributed by atoms with Crippen LogP contribution in [-0.2, 0) is 0 Å². The van der Waals surface area contributed by atoms with Crippen LogP contribution in [0.3, 0.4) is 0 Å². The Bertz CT molecular complexity index is 675. The third kappa shape index (κ3) is 4.24. The number of amides is 1. The molecular weight excluding hydrogens is 417 g/mol. The lowest BCUT2D eigenvalue weighted by molar-refractivity contribution is -0.0964. The van der Waals surface area contributed by atoms with Gasteiger partial charge in [-0.05, 0) is 52.9 Å². The van der Waals surface area contributed by atoms with Crippen LogP contribution in [-0.4, -0.2) is 16.5 Å². The minimum Gasteiger partial charge on any atom is -0.420 e. The highest BCUT2D eigenvalue weighted by atomic mass is 127. The van der Waals surface area contributed by atoms with Crippen molar-refractivity contribution in [1.82, 2.24) is 4.98 Å². The molecule has 0 atom stereocenters. The molecule has 0 aliphatic rings. The Labute approximate surface area is 137 Å². The van der Waals surface area contributed by atoms with Crippen LogP contribution >= 0.6 is 34.2 Å². The van der Waals surface area contributed by atoms with Crippen LogP contribution in [0.4, 0.5) is 8.78 Å². The average molecular weight is 425 g/mol. The minimum absolute atomic E-state index is 0.107. The second-order valence-electron chi connectivity index (χ2n) is 3.99. The molecule has 2 rings (SSSR count). The van der Waals surface area contributed by atoms with Gasteiger partial charge in [-0.3, -0.25) is 9.78 Å². The van der Waals surface area contributed by atoms with Crippen LogP contribution in [0.1, 0.15) is 10.4 Å². The number of benzene rings is 1. The summed E-state index contributed by atoms with van der Waals surface area (Å²) in [5, 5.41) is 0. The van der Waals surface area contributed by atoms with Crippen molar-refractivity contribution in [3.8, 4) is 17.0 Å². The summed E-state index contributed by atoms with van der Waals surface area (Å²) in [6.07, 6.45) is 1.57. The summed E-state index contributed by atoms with van der Waals surface area (Å²) in [4.78, 5) is 15.6. The number of primary amides is 1. The minimum atomic E-state index is -3.78. The Hall–Kier alpha value is -1.48. The van der Waals surface area contributed by atoms with Crippen molar-refractivity contribution in [2.45, 2.75) is 5.57 Å². The van der Waals surface area contributed by atoms with Gasteiger partial charge in [0.25, 0.3) is 5.91 Å². The maximum Gasteiger partial charge on any atom is 0.487 e. The van der Waals surface area contributed by atoms with Crippen LogP contribution in [0, 0.1) is 3.57 Å². The molecule has 0 radical (unpaired) electrons. The van der Waals surface area contributed by atoms with Gasteiger partial charge < -0.3 is 10.5 Å². The van der Waals surface area contributed by atoms with Gasteiger partial charge in [0.15, 0.2) is 0 Å². The number of ether oxygens (including phenoxy) is 1. The van der Waals surface area contributed by atoms with E-state index in [0.29, 0.717) is 11.3 Å². The molecule has 1 aromatic carbocycles. The summed E-state index contributed by atoms with van der Waals surface area (Å²) in [6.45, 7) is 0. The van der Waals surface area contributed by atoms with Crippen LogP contribution in [0.25, 0.3) is 11.3 Å². The normalized spacial score (nSPS) is 11.2. The Morgan fingerprint density at radius 3 is 2.48 bits per heavy atom. The predicted octanol–water partition coefficient (Wildman–Crippen LogP) is 3.62. The standard InChI is InChI=1S/C13H8ClF2IN2O2/c14-13(15,16)21-9-3-1-7(2-4-9)11-10(12(18)20)5-8(17)6-19-11/h1-6H,(H2,18,20). The van der Waals surface area contributed by atoms with E-state index in [2.05, 4.69) is 21.3 Å². The average Bonchev–Trinajstić information content (AvgIpc) is 2.38. The first-order valence-electron chi connectivity index (χ1n) is 5.58. The number of hydrogen-bond donors (Lipinski definition) is 1. The molecule has 0 bridgehead atoms. The number of alkyl halides is 3. The highest BCUT2D eigenvalue weighted by Gasteiger charge is 2.27. The van der Waals surface area contributed by atoms with E-state index in [0.717, 1.165) is 3.57 Å². The number of rotatable bonds is 4. The SMILES string of the molecule is NC(=O)c1cc(I)cnc1-c1ccc(OC(F)(F)Cl)cc1. The van der Waals surface area contributed by atoms with Gasteiger partial charge in [0, 0.05) is 26.9 Å². The first kappa shape index (κ1) is 15.9. The smallest absolute Gasteiger partial charge is 0.420 e. The lowest BCUT2D eigenvalue weighted by Crippen LogP contribution is -2.15. The third-order valence-corrected chi connectivity index (χ3v) is 3.15. The molecule has 1 heterocycles. The number of nitrogens with zero attached hydrogens (tertiary/aromatic N) is 1. The Morgan fingerprint density at radius 2 is 1.95 bits per heavy atom. The first-order valence-corrected chi connectivity index (χ1v) is 7.03. The van der Waals surface area contributed by atoms with Gasteiger partial charge in [0.1, 0.15) is 5.75 Å². The Kier molecular flexibility index (Phi) is 4.62. The summed E-state index contributed by atoms with van der Waals surface area (Å²) >= 11 is 6.69. The molecule has 0 unspecified atom stereocenters. The van der Waals surface area contributed by atoms with Gasteiger partial charge in [0.2, 0.25) is 0 Å². The fourth-order valence-corrected chi connectivity index (χ4v) is 2.21. The molecule has 1 amide bonds. The molecule has 2 aromatic rings. The molecule has 1 aromatic heterocycles. The first-order chi connectivity index (χ1) is 9.76. The van der Waals surface area contributed by atoms with Gasteiger partial charge in [0.05, 0.1) is 11.3 Å². The van der Waals surface area contributed by atoms with Crippen LogP contribution in [0.15, 0.2) is 36.5 Å². The second-order valence-corrected chi connectivity index (χ2v) is 5.67. The summed E-state index contributed by atoms with van der Waals surface area (Å²) in [5.41, 5.74) is 2.70. The van der Waals surface area contributed by atoms with Gasteiger partial charge in [-0.2, -0.15) is 0 Å². The molecule has 110 valence electrons. The maximum absolute atomic E-state index is 12.5. The summed E-state index contributed by atoms with van der Waals surface area (Å²) in [5.74, 6) is -0.728. The van der Waals surface area contributed by atoms with Gasteiger partial charge in [-0.1, -0.05) is 0 Å². The second kappa shape index (κ2) is 6.10. The summed E-state index contributed by atoms with van der Waals surface area (Å²) < 4.78 is 30.0. The fraction of sp³-hybridized carbons (Fsp3) is 0.0769. The van der Waals surface area contributed by atoms with Gasteiger partial charge in [-0.25, -0.2) is 0 Å². The van der Waals surface area contributed by atoms with E-state index < -0.39 is 11.5 Å². The molecule has 0 saturated heterocycles. The van der Waals surface area contributed by atoms with E-state index in [9.17, 15) is 13.6 Å². The number of halogens is 4. The van der Waals surface area contributed by atoms with Crippen molar-refractivity contribution in [2.24, 2.45) is 5.73 Å². The maximum atomic E-state index is 12.5. The van der Waals surface area contributed by atoms with E-state index >= 15 is 0 Å². The van der Waals surface area contributed by atoms with Crippen molar-refractivity contribution >= 4 is 40.1 Å².